The van der Waals surface area contributed by atoms with E-state index in [0.717, 1.165) is 10.6 Å². The lowest BCUT2D eigenvalue weighted by Gasteiger charge is -2.16. The fourth-order valence-electron chi connectivity index (χ4n) is 2.63. The largest absolute Gasteiger partial charge is 0.484 e. The summed E-state index contributed by atoms with van der Waals surface area (Å²) in [5, 5.41) is 2.56. The van der Waals surface area contributed by atoms with E-state index < -0.39 is 24.3 Å². The van der Waals surface area contributed by atoms with E-state index in [2.05, 4.69) is 10.3 Å². The average molecular weight is 363 g/mol. The van der Waals surface area contributed by atoms with Gasteiger partial charge in [0.1, 0.15) is 17.4 Å². The van der Waals surface area contributed by atoms with Crippen LogP contribution in [0.15, 0.2) is 48.5 Å². The van der Waals surface area contributed by atoms with Gasteiger partial charge in [-0.05, 0) is 31.2 Å². The molecule has 0 aliphatic carbocycles. The predicted molar refractivity (Wildman–Crippen MR) is 89.4 cm³/mol. The van der Waals surface area contributed by atoms with E-state index in [1.807, 2.05) is 0 Å². The third-order valence-electron chi connectivity index (χ3n) is 3.75. The average Bonchev–Trinajstić information content (AvgIpc) is 3.00. The first-order valence-electron chi connectivity index (χ1n) is 7.88. The summed E-state index contributed by atoms with van der Waals surface area (Å²) in [4.78, 5) is 16.2. The molecule has 0 bridgehead atoms. The summed E-state index contributed by atoms with van der Waals surface area (Å²) in [5.74, 6) is -0.774. The molecular formula is C18H16F3N3O2. The molecule has 5 nitrogen and oxygen atoms in total. The first kappa shape index (κ1) is 17.8. The minimum absolute atomic E-state index is 0.0419. The van der Waals surface area contributed by atoms with Crippen molar-refractivity contribution < 1.29 is 22.7 Å². The molecule has 2 aromatic carbocycles. The van der Waals surface area contributed by atoms with E-state index in [0.29, 0.717) is 5.52 Å². The Kier molecular flexibility index (Phi) is 5.11. The zero-order chi connectivity index (χ0) is 18.7. The molecule has 1 unspecified atom stereocenters. The highest BCUT2D eigenvalue weighted by atomic mass is 19.3. The Hall–Kier alpha value is -3.03. The third-order valence-corrected chi connectivity index (χ3v) is 3.75. The molecule has 1 aromatic heterocycles. The summed E-state index contributed by atoms with van der Waals surface area (Å²) >= 11 is 0. The number of halogens is 3. The molecule has 1 heterocycles. The SMILES string of the molecule is CC(NC(=O)COc1cccc(F)c1)c1nc2ccccc2n1C(F)F. The van der Waals surface area contributed by atoms with Crippen LogP contribution in [0.3, 0.4) is 0 Å². The lowest BCUT2D eigenvalue weighted by atomic mass is 10.3. The molecule has 3 aromatic rings. The number of imidazole rings is 1. The van der Waals surface area contributed by atoms with Gasteiger partial charge >= 0.3 is 6.55 Å². The van der Waals surface area contributed by atoms with Crippen molar-refractivity contribution in [2.75, 3.05) is 6.61 Å². The second kappa shape index (κ2) is 7.47. The van der Waals surface area contributed by atoms with Crippen LogP contribution in [0.4, 0.5) is 13.2 Å². The second-order valence-corrected chi connectivity index (χ2v) is 5.64. The van der Waals surface area contributed by atoms with Crippen LogP contribution >= 0.6 is 0 Å². The number of benzene rings is 2. The number of amides is 1. The van der Waals surface area contributed by atoms with Crippen molar-refractivity contribution in [3.63, 3.8) is 0 Å². The molecule has 1 atom stereocenters. The van der Waals surface area contributed by atoms with Gasteiger partial charge in [0, 0.05) is 6.07 Å². The molecule has 0 radical (unpaired) electrons. The summed E-state index contributed by atoms with van der Waals surface area (Å²) in [6.07, 6.45) is 0. The smallest absolute Gasteiger partial charge is 0.320 e. The van der Waals surface area contributed by atoms with Crippen molar-refractivity contribution in [2.24, 2.45) is 0 Å². The number of fused-ring (bicyclic) bond motifs is 1. The topological polar surface area (TPSA) is 56.1 Å². The van der Waals surface area contributed by atoms with Crippen molar-refractivity contribution in [3.05, 3.63) is 60.2 Å². The van der Waals surface area contributed by atoms with Gasteiger partial charge < -0.3 is 10.1 Å². The van der Waals surface area contributed by atoms with E-state index in [1.54, 1.807) is 31.2 Å². The van der Waals surface area contributed by atoms with Gasteiger partial charge in [0.25, 0.3) is 5.91 Å². The third kappa shape index (κ3) is 3.79. The van der Waals surface area contributed by atoms with Crippen LogP contribution in [-0.4, -0.2) is 22.1 Å². The van der Waals surface area contributed by atoms with E-state index in [9.17, 15) is 18.0 Å². The minimum atomic E-state index is -2.79. The minimum Gasteiger partial charge on any atom is -0.484 e. The van der Waals surface area contributed by atoms with Crippen LogP contribution in [0, 0.1) is 5.82 Å². The fourth-order valence-corrected chi connectivity index (χ4v) is 2.63. The number of carbonyl (C=O) groups excluding carboxylic acids is 1. The monoisotopic (exact) mass is 363 g/mol. The maximum absolute atomic E-state index is 13.4. The lowest BCUT2D eigenvalue weighted by Crippen LogP contribution is -2.32. The Bertz CT molecular complexity index is 927. The molecule has 0 spiro atoms. The number of aromatic nitrogens is 2. The summed E-state index contributed by atoms with van der Waals surface area (Å²) in [7, 11) is 0. The van der Waals surface area contributed by atoms with E-state index in [-0.39, 0.29) is 23.7 Å². The summed E-state index contributed by atoms with van der Waals surface area (Å²) < 4.78 is 46.0. The number of rotatable bonds is 6. The van der Waals surface area contributed by atoms with Crippen molar-refractivity contribution in [3.8, 4) is 5.75 Å². The number of nitrogens with zero attached hydrogens (tertiary/aromatic N) is 2. The van der Waals surface area contributed by atoms with E-state index in [1.165, 1.54) is 18.2 Å². The zero-order valence-electron chi connectivity index (χ0n) is 13.8. The Morgan fingerprint density at radius 1 is 1.23 bits per heavy atom. The van der Waals surface area contributed by atoms with Gasteiger partial charge in [-0.3, -0.25) is 9.36 Å². The number of carbonyl (C=O) groups is 1. The fraction of sp³-hybridized carbons (Fsp3) is 0.222. The Balaban J connectivity index is 1.71. The predicted octanol–water partition coefficient (Wildman–Crippen LogP) is 3.83. The molecule has 0 aliphatic rings. The summed E-state index contributed by atoms with van der Waals surface area (Å²) in [5.41, 5.74) is 0.703. The number of para-hydroxylation sites is 2. The van der Waals surface area contributed by atoms with Crippen molar-refractivity contribution in [2.45, 2.75) is 19.5 Å². The molecule has 1 N–H and O–H groups in total. The van der Waals surface area contributed by atoms with Gasteiger partial charge in [-0.25, -0.2) is 9.37 Å². The van der Waals surface area contributed by atoms with Gasteiger partial charge in [-0.15, -0.1) is 0 Å². The Morgan fingerprint density at radius 2 is 2.00 bits per heavy atom. The van der Waals surface area contributed by atoms with Gasteiger partial charge in [0.15, 0.2) is 6.61 Å². The van der Waals surface area contributed by atoms with Gasteiger partial charge in [-0.1, -0.05) is 18.2 Å². The van der Waals surface area contributed by atoms with Gasteiger partial charge in [0.05, 0.1) is 17.1 Å². The Labute approximate surface area is 147 Å². The molecule has 26 heavy (non-hydrogen) atoms. The number of ether oxygens (including phenoxy) is 1. The molecule has 0 aliphatic heterocycles. The molecule has 1 amide bonds. The highest BCUT2D eigenvalue weighted by Gasteiger charge is 2.22. The Morgan fingerprint density at radius 3 is 2.73 bits per heavy atom. The quantitative estimate of drug-likeness (QED) is 0.724. The highest BCUT2D eigenvalue weighted by molar-refractivity contribution is 5.79. The highest BCUT2D eigenvalue weighted by Crippen LogP contribution is 2.26. The first-order chi connectivity index (χ1) is 12.5. The number of hydrogen-bond acceptors (Lipinski definition) is 3. The second-order valence-electron chi connectivity index (χ2n) is 5.64. The summed E-state index contributed by atoms with van der Waals surface area (Å²) in [6, 6.07) is 11.1. The van der Waals surface area contributed by atoms with Crippen LogP contribution in [0.5, 0.6) is 5.75 Å². The van der Waals surface area contributed by atoms with E-state index in [4.69, 9.17) is 4.74 Å². The van der Waals surface area contributed by atoms with Crippen LogP contribution in [0.1, 0.15) is 25.3 Å². The molecule has 8 heteroatoms. The number of alkyl halides is 2. The maximum atomic E-state index is 13.4. The van der Waals surface area contributed by atoms with E-state index >= 15 is 0 Å². The normalized spacial score (nSPS) is 12.3. The van der Waals surface area contributed by atoms with Crippen molar-refractivity contribution in [1.29, 1.82) is 0 Å². The zero-order valence-corrected chi connectivity index (χ0v) is 13.8. The van der Waals surface area contributed by atoms with Crippen molar-refractivity contribution in [1.82, 2.24) is 14.9 Å². The van der Waals surface area contributed by atoms with Crippen LogP contribution in [0.2, 0.25) is 0 Å². The van der Waals surface area contributed by atoms with Gasteiger partial charge in [-0.2, -0.15) is 8.78 Å². The molecular weight excluding hydrogens is 347 g/mol. The molecule has 0 saturated carbocycles. The van der Waals surface area contributed by atoms with Gasteiger partial charge in [0.2, 0.25) is 0 Å². The molecule has 136 valence electrons. The number of hydrogen-bond donors (Lipinski definition) is 1. The van der Waals surface area contributed by atoms with Crippen molar-refractivity contribution >= 4 is 16.9 Å². The van der Waals surface area contributed by atoms with Crippen LogP contribution in [0.25, 0.3) is 11.0 Å². The standard InChI is InChI=1S/C18H16F3N3O2/c1-11(22-16(25)10-26-13-6-4-5-12(19)9-13)17-23-14-7-2-3-8-15(14)24(17)18(20)21/h2-9,11,18H,10H2,1H3,(H,22,25). The molecule has 3 rings (SSSR count). The maximum Gasteiger partial charge on any atom is 0.320 e. The van der Waals surface area contributed by atoms with Crippen LogP contribution in [-0.2, 0) is 4.79 Å². The molecule has 0 fully saturated rings. The first-order valence-corrected chi connectivity index (χ1v) is 7.88. The molecule has 0 saturated heterocycles. The summed E-state index contributed by atoms with van der Waals surface area (Å²) in [6.45, 7) is -1.61. The number of nitrogens with one attached hydrogen (secondary N) is 1. The van der Waals surface area contributed by atoms with Crippen LogP contribution < -0.4 is 10.1 Å². The lowest BCUT2D eigenvalue weighted by molar-refractivity contribution is -0.123.